The van der Waals surface area contributed by atoms with Crippen LogP contribution in [0.2, 0.25) is 0 Å². The van der Waals surface area contributed by atoms with E-state index in [1.165, 1.54) is 44.3 Å². The van der Waals surface area contributed by atoms with Gasteiger partial charge in [0, 0.05) is 6.04 Å². The summed E-state index contributed by atoms with van der Waals surface area (Å²) in [5.74, 6) is 2.42. The van der Waals surface area contributed by atoms with Crippen molar-refractivity contribution < 1.29 is 4.39 Å². The minimum absolute atomic E-state index is 0.000951. The van der Waals surface area contributed by atoms with Crippen LogP contribution >= 0.6 is 0 Å². The predicted molar refractivity (Wildman–Crippen MR) is 83.9 cm³/mol. The maximum atomic E-state index is 14.1. The highest BCUT2D eigenvalue weighted by atomic mass is 19.1. The number of hydrogen-bond donors (Lipinski definition) is 0. The van der Waals surface area contributed by atoms with Gasteiger partial charge in [-0.15, -0.1) is 0 Å². The van der Waals surface area contributed by atoms with Gasteiger partial charge in [0.25, 0.3) is 0 Å². The Bertz CT molecular complexity index is 518. The zero-order valence-corrected chi connectivity index (χ0v) is 13.0. The highest BCUT2D eigenvalue weighted by Gasteiger charge is 2.42. The first-order chi connectivity index (χ1) is 10.2. The van der Waals surface area contributed by atoms with Gasteiger partial charge in [0.05, 0.1) is 0 Å². The number of rotatable bonds is 2. The largest absolute Gasteiger partial charge is 0.300 e. The van der Waals surface area contributed by atoms with Crippen LogP contribution in [0.1, 0.15) is 55.6 Å². The lowest BCUT2D eigenvalue weighted by Gasteiger charge is -2.39. The molecule has 3 fully saturated rings. The molecule has 2 saturated carbocycles. The van der Waals surface area contributed by atoms with Crippen molar-refractivity contribution in [2.45, 2.75) is 57.4 Å². The Balaban J connectivity index is 1.41. The molecule has 114 valence electrons. The molecule has 1 heterocycles. The molecule has 0 radical (unpaired) electrons. The third-order valence-electron chi connectivity index (χ3n) is 6.29. The van der Waals surface area contributed by atoms with E-state index < -0.39 is 0 Å². The minimum Gasteiger partial charge on any atom is -0.300 e. The zero-order valence-electron chi connectivity index (χ0n) is 13.0. The van der Waals surface area contributed by atoms with Crippen molar-refractivity contribution in [3.63, 3.8) is 0 Å². The van der Waals surface area contributed by atoms with Crippen LogP contribution < -0.4 is 0 Å². The van der Waals surface area contributed by atoms with E-state index in [0.717, 1.165) is 36.3 Å². The van der Waals surface area contributed by atoms with Crippen molar-refractivity contribution in [3.8, 4) is 0 Å². The van der Waals surface area contributed by atoms with Crippen molar-refractivity contribution in [1.82, 2.24) is 4.90 Å². The van der Waals surface area contributed by atoms with E-state index in [1.54, 1.807) is 6.07 Å². The lowest BCUT2D eigenvalue weighted by Crippen LogP contribution is -2.43. The summed E-state index contributed by atoms with van der Waals surface area (Å²) >= 11 is 0. The molecule has 21 heavy (non-hydrogen) atoms. The number of nitrogens with zero attached hydrogens (tertiary/aromatic N) is 1. The van der Waals surface area contributed by atoms with E-state index in [9.17, 15) is 4.39 Å². The molecule has 1 saturated heterocycles. The fraction of sp³-hybridized carbons (Fsp3) is 0.684. The van der Waals surface area contributed by atoms with Crippen LogP contribution in [0, 0.1) is 24.6 Å². The van der Waals surface area contributed by atoms with Gasteiger partial charge in [0.2, 0.25) is 0 Å². The first kappa shape index (κ1) is 13.8. The summed E-state index contributed by atoms with van der Waals surface area (Å²) in [6, 6.07) is 6.44. The average molecular weight is 287 g/mol. The fourth-order valence-corrected chi connectivity index (χ4v) is 5.18. The smallest absolute Gasteiger partial charge is 0.126 e. The van der Waals surface area contributed by atoms with Crippen LogP contribution in [-0.4, -0.2) is 24.0 Å². The van der Waals surface area contributed by atoms with Gasteiger partial charge < -0.3 is 4.90 Å². The Morgan fingerprint density at radius 1 is 1.05 bits per heavy atom. The second kappa shape index (κ2) is 5.39. The Labute approximate surface area is 127 Å². The number of aryl methyl sites for hydroxylation is 1. The molecule has 4 rings (SSSR count). The van der Waals surface area contributed by atoms with Crippen LogP contribution in [0.25, 0.3) is 0 Å². The van der Waals surface area contributed by atoms with E-state index in [2.05, 4.69) is 17.9 Å². The van der Waals surface area contributed by atoms with E-state index >= 15 is 0 Å². The van der Waals surface area contributed by atoms with Crippen LogP contribution in [0.5, 0.6) is 0 Å². The van der Waals surface area contributed by atoms with Gasteiger partial charge >= 0.3 is 0 Å². The zero-order chi connectivity index (χ0) is 14.4. The summed E-state index contributed by atoms with van der Waals surface area (Å²) in [6.45, 7) is 4.41. The van der Waals surface area contributed by atoms with Crippen LogP contribution in [0.4, 0.5) is 4.39 Å². The molecule has 1 aromatic carbocycles. The highest BCUT2D eigenvalue weighted by molar-refractivity contribution is 5.27. The third kappa shape index (κ3) is 2.52. The van der Waals surface area contributed by atoms with Gasteiger partial charge in [-0.3, -0.25) is 0 Å². The first-order valence-electron chi connectivity index (χ1n) is 8.71. The first-order valence-corrected chi connectivity index (χ1v) is 8.71. The number of benzene rings is 1. The standard InChI is InChI=1S/C19H26FN/c1-13-2-5-18(20)17(10-13)15-6-8-21(9-7-15)19-12-14-3-4-16(19)11-14/h2,5,10,14-16,19H,3-4,6-9,11-12H2,1H3/t14-,16-,19-/m0/s1. The normalized spacial score (nSPS) is 33.7. The van der Waals surface area contributed by atoms with Gasteiger partial charge in [0.15, 0.2) is 0 Å². The summed E-state index contributed by atoms with van der Waals surface area (Å²) < 4.78 is 14.1. The van der Waals surface area contributed by atoms with E-state index in [4.69, 9.17) is 0 Å². The number of likely N-dealkylation sites (tertiary alicyclic amines) is 1. The molecule has 0 N–H and O–H groups in total. The quantitative estimate of drug-likeness (QED) is 0.774. The van der Waals surface area contributed by atoms with Gasteiger partial charge in [-0.05, 0) is 81.5 Å². The topological polar surface area (TPSA) is 3.24 Å². The fourth-order valence-electron chi connectivity index (χ4n) is 5.18. The van der Waals surface area contributed by atoms with E-state index in [0.29, 0.717) is 5.92 Å². The van der Waals surface area contributed by atoms with Gasteiger partial charge in [-0.25, -0.2) is 4.39 Å². The van der Waals surface area contributed by atoms with Crippen LogP contribution in [0.15, 0.2) is 18.2 Å². The molecule has 0 spiro atoms. The monoisotopic (exact) mass is 287 g/mol. The molecule has 3 atom stereocenters. The van der Waals surface area contributed by atoms with Crippen LogP contribution in [-0.2, 0) is 0 Å². The second-order valence-electron chi connectivity index (χ2n) is 7.58. The van der Waals surface area contributed by atoms with Gasteiger partial charge in [-0.1, -0.05) is 24.1 Å². The molecule has 0 unspecified atom stereocenters. The summed E-state index contributed by atoms with van der Waals surface area (Å²) in [5, 5.41) is 0. The molecule has 2 aliphatic carbocycles. The van der Waals surface area contributed by atoms with Crippen molar-refractivity contribution in [1.29, 1.82) is 0 Å². The maximum Gasteiger partial charge on any atom is 0.126 e. The van der Waals surface area contributed by atoms with Crippen LogP contribution in [0.3, 0.4) is 0 Å². The average Bonchev–Trinajstić information content (AvgIpc) is 3.13. The molecule has 1 aliphatic heterocycles. The summed E-state index contributed by atoms with van der Waals surface area (Å²) in [4.78, 5) is 2.73. The molecule has 0 amide bonds. The Morgan fingerprint density at radius 3 is 2.52 bits per heavy atom. The van der Waals surface area contributed by atoms with Crippen molar-refractivity contribution in [2.75, 3.05) is 13.1 Å². The summed E-state index contributed by atoms with van der Waals surface area (Å²) in [5.41, 5.74) is 2.14. The highest BCUT2D eigenvalue weighted by Crippen LogP contribution is 2.47. The maximum absolute atomic E-state index is 14.1. The van der Waals surface area contributed by atoms with Gasteiger partial charge in [-0.2, -0.15) is 0 Å². The molecular formula is C19H26FN. The molecule has 2 heteroatoms. The van der Waals surface area contributed by atoms with Crippen molar-refractivity contribution in [2.24, 2.45) is 11.8 Å². The van der Waals surface area contributed by atoms with Crippen molar-refractivity contribution in [3.05, 3.63) is 35.1 Å². The number of halogens is 1. The Kier molecular flexibility index (Phi) is 3.53. The number of hydrogen-bond acceptors (Lipinski definition) is 1. The Hall–Kier alpha value is -0.890. The minimum atomic E-state index is -0.000951. The molecule has 0 aromatic heterocycles. The summed E-state index contributed by atoms with van der Waals surface area (Å²) in [6.07, 6.45) is 8.13. The van der Waals surface area contributed by atoms with Gasteiger partial charge in [0.1, 0.15) is 5.82 Å². The van der Waals surface area contributed by atoms with E-state index in [-0.39, 0.29) is 5.82 Å². The Morgan fingerprint density at radius 2 is 1.86 bits per heavy atom. The number of fused-ring (bicyclic) bond motifs is 2. The molecule has 2 bridgehead atoms. The second-order valence-corrected chi connectivity index (χ2v) is 7.58. The molecular weight excluding hydrogens is 261 g/mol. The number of piperidine rings is 1. The summed E-state index contributed by atoms with van der Waals surface area (Å²) in [7, 11) is 0. The SMILES string of the molecule is Cc1ccc(F)c(C2CCN([C@H]3C[C@H]4CC[C@H]3C4)CC2)c1. The van der Waals surface area contributed by atoms with Crippen molar-refractivity contribution >= 4 is 0 Å². The lowest BCUT2D eigenvalue weighted by molar-refractivity contribution is 0.110. The lowest BCUT2D eigenvalue weighted by atomic mass is 9.86. The van der Waals surface area contributed by atoms with E-state index in [1.807, 2.05) is 6.07 Å². The molecule has 3 aliphatic rings. The molecule has 1 nitrogen and oxygen atoms in total. The predicted octanol–water partition coefficient (Wildman–Crippen LogP) is 4.50. The molecule has 1 aromatic rings. The third-order valence-corrected chi connectivity index (χ3v) is 6.29.